The second-order valence-electron chi connectivity index (χ2n) is 4.89. The van der Waals surface area contributed by atoms with Crippen molar-refractivity contribution in [2.24, 2.45) is 7.05 Å². The second-order valence-corrected chi connectivity index (χ2v) is 6.09. The minimum atomic E-state index is -0.294. The molecule has 0 radical (unpaired) electrons. The van der Waals surface area contributed by atoms with Crippen LogP contribution in [0.5, 0.6) is 5.19 Å². The lowest BCUT2D eigenvalue weighted by Crippen LogP contribution is -2.23. The van der Waals surface area contributed by atoms with Gasteiger partial charge in [-0.15, -0.1) is 0 Å². The molecule has 0 spiro atoms. The number of rotatable bonds is 4. The normalized spacial score (nSPS) is 10.9. The van der Waals surface area contributed by atoms with Crippen LogP contribution in [0.25, 0.3) is 5.69 Å². The molecule has 0 saturated heterocycles. The summed E-state index contributed by atoms with van der Waals surface area (Å²) in [6.07, 6.45) is 1.77. The van der Waals surface area contributed by atoms with E-state index >= 15 is 0 Å². The molecule has 8 heteroatoms. The largest absolute Gasteiger partial charge is 0.465 e. The number of ether oxygens (including phenoxy) is 1. The van der Waals surface area contributed by atoms with Crippen LogP contribution in [-0.4, -0.2) is 24.8 Å². The fourth-order valence-electron chi connectivity index (χ4n) is 2.07. The van der Waals surface area contributed by atoms with Crippen molar-refractivity contribution in [1.29, 1.82) is 0 Å². The van der Waals surface area contributed by atoms with Crippen molar-refractivity contribution in [3.05, 3.63) is 50.9 Å². The third-order valence-electron chi connectivity index (χ3n) is 3.28. The maximum atomic E-state index is 12.1. The van der Waals surface area contributed by atoms with E-state index in [9.17, 15) is 4.79 Å². The minimum absolute atomic E-state index is 0.294. The topological polar surface area (TPSA) is 74.8 Å². The molecule has 0 atom stereocenters. The summed E-state index contributed by atoms with van der Waals surface area (Å²) in [4.78, 5) is 17.3. The van der Waals surface area contributed by atoms with Gasteiger partial charge in [-0.05, 0) is 35.9 Å². The van der Waals surface area contributed by atoms with E-state index in [4.69, 9.17) is 4.74 Å². The van der Waals surface area contributed by atoms with E-state index in [0.717, 1.165) is 16.0 Å². The first-order valence-electron chi connectivity index (χ1n) is 6.69. The first-order valence-corrected chi connectivity index (χ1v) is 7.51. The lowest BCUT2D eigenvalue weighted by molar-refractivity contribution is 0.303. The Labute approximate surface area is 130 Å². The average molecular weight is 317 g/mol. The van der Waals surface area contributed by atoms with Gasteiger partial charge in [0.25, 0.3) is 5.19 Å². The molecule has 1 aromatic carbocycles. The number of benzene rings is 1. The van der Waals surface area contributed by atoms with Gasteiger partial charge in [-0.1, -0.05) is 23.5 Å². The van der Waals surface area contributed by atoms with Gasteiger partial charge in [0.05, 0.1) is 5.69 Å². The van der Waals surface area contributed by atoms with Gasteiger partial charge in [0, 0.05) is 23.7 Å². The van der Waals surface area contributed by atoms with Crippen LogP contribution < -0.4 is 10.4 Å². The summed E-state index contributed by atoms with van der Waals surface area (Å²) >= 11 is 1.49. The van der Waals surface area contributed by atoms with Gasteiger partial charge >= 0.3 is 5.69 Å². The fourth-order valence-corrected chi connectivity index (χ4v) is 2.68. The maximum absolute atomic E-state index is 12.1. The molecule has 0 N–H and O–H groups in total. The highest BCUT2D eigenvalue weighted by atomic mass is 32.1. The van der Waals surface area contributed by atoms with E-state index in [1.165, 1.54) is 20.7 Å². The van der Waals surface area contributed by atoms with Crippen molar-refractivity contribution >= 4 is 11.3 Å². The minimum Gasteiger partial charge on any atom is -0.465 e. The van der Waals surface area contributed by atoms with E-state index in [-0.39, 0.29) is 5.69 Å². The lowest BCUT2D eigenvalue weighted by Gasteiger charge is -2.11. The Morgan fingerprint density at radius 2 is 2.09 bits per heavy atom. The summed E-state index contributed by atoms with van der Waals surface area (Å²) in [5.41, 5.74) is 2.28. The van der Waals surface area contributed by atoms with E-state index in [1.54, 1.807) is 13.2 Å². The Bertz CT molecular complexity index is 864. The second kappa shape index (κ2) is 5.72. The molecule has 7 nitrogen and oxygen atoms in total. The molecule has 0 bridgehead atoms. The lowest BCUT2D eigenvalue weighted by atomic mass is 10.1. The van der Waals surface area contributed by atoms with E-state index in [1.807, 2.05) is 32.0 Å². The average Bonchev–Trinajstić information content (AvgIpc) is 3.05. The van der Waals surface area contributed by atoms with Crippen LogP contribution in [0.2, 0.25) is 0 Å². The number of tetrazole rings is 1. The number of hydrogen-bond donors (Lipinski definition) is 0. The highest BCUT2D eigenvalue weighted by molar-refractivity contribution is 7.13. The molecule has 0 fully saturated rings. The Morgan fingerprint density at radius 3 is 2.73 bits per heavy atom. The molecule has 0 unspecified atom stereocenters. The number of nitrogens with zero attached hydrogens (tertiary/aromatic N) is 5. The van der Waals surface area contributed by atoms with Crippen LogP contribution >= 0.6 is 11.3 Å². The van der Waals surface area contributed by atoms with Crippen LogP contribution in [0, 0.1) is 13.8 Å². The Hall–Kier alpha value is -2.48. The van der Waals surface area contributed by atoms with Gasteiger partial charge in [0.15, 0.2) is 0 Å². The highest BCUT2D eigenvalue weighted by Crippen LogP contribution is 2.23. The smallest absolute Gasteiger partial charge is 0.368 e. The summed E-state index contributed by atoms with van der Waals surface area (Å²) < 4.78 is 8.21. The molecule has 0 aliphatic rings. The van der Waals surface area contributed by atoms with Crippen molar-refractivity contribution in [1.82, 2.24) is 24.8 Å². The predicted molar refractivity (Wildman–Crippen MR) is 82.5 cm³/mol. The SMILES string of the molecule is Cc1cnc(OCc2c(C)cccc2-n2nnn(C)c2=O)s1. The Balaban J connectivity index is 1.96. The summed E-state index contributed by atoms with van der Waals surface area (Å²) in [5, 5.41) is 8.26. The molecule has 2 heterocycles. The standard InChI is InChI=1S/C14H15N5O2S/c1-9-5-4-6-12(19-14(20)18(3)16-17-19)11(9)8-21-13-15-7-10(2)22-13/h4-7H,8H2,1-3H3. The van der Waals surface area contributed by atoms with Crippen molar-refractivity contribution in [2.75, 3.05) is 0 Å². The monoisotopic (exact) mass is 317 g/mol. The van der Waals surface area contributed by atoms with Gasteiger partial charge in [0.1, 0.15) is 6.61 Å². The van der Waals surface area contributed by atoms with Gasteiger partial charge in [-0.3, -0.25) is 0 Å². The molecule has 3 aromatic rings. The Kier molecular flexibility index (Phi) is 3.76. The first kappa shape index (κ1) is 14.5. The van der Waals surface area contributed by atoms with E-state index < -0.39 is 0 Å². The number of thiazole rings is 1. The molecule has 0 saturated carbocycles. The molecular formula is C14H15N5O2S. The zero-order valence-electron chi connectivity index (χ0n) is 12.5. The number of aryl methyl sites for hydroxylation is 3. The summed E-state index contributed by atoms with van der Waals surface area (Å²) in [7, 11) is 1.57. The zero-order chi connectivity index (χ0) is 15.7. The molecule has 22 heavy (non-hydrogen) atoms. The van der Waals surface area contributed by atoms with E-state index in [2.05, 4.69) is 15.4 Å². The number of aromatic nitrogens is 5. The van der Waals surface area contributed by atoms with Crippen molar-refractivity contribution < 1.29 is 4.74 Å². The molecule has 2 aromatic heterocycles. The van der Waals surface area contributed by atoms with Gasteiger partial charge < -0.3 is 4.74 Å². The van der Waals surface area contributed by atoms with Gasteiger partial charge in [-0.2, -0.15) is 9.36 Å². The third-order valence-corrected chi connectivity index (χ3v) is 4.10. The van der Waals surface area contributed by atoms with Crippen LogP contribution in [0.3, 0.4) is 0 Å². The molecule has 0 aliphatic carbocycles. The molecule has 3 rings (SSSR count). The predicted octanol–water partition coefficient (Wildman–Crippen LogP) is 1.62. The van der Waals surface area contributed by atoms with Gasteiger partial charge in [-0.25, -0.2) is 9.78 Å². The quantitative estimate of drug-likeness (QED) is 0.731. The fraction of sp³-hybridized carbons (Fsp3) is 0.286. The molecule has 0 amide bonds. The highest BCUT2D eigenvalue weighted by Gasteiger charge is 2.14. The summed E-state index contributed by atoms with van der Waals surface area (Å²) in [6, 6.07) is 5.67. The van der Waals surface area contributed by atoms with Crippen LogP contribution in [0.1, 0.15) is 16.0 Å². The number of hydrogen-bond acceptors (Lipinski definition) is 6. The van der Waals surface area contributed by atoms with Crippen molar-refractivity contribution in [2.45, 2.75) is 20.5 Å². The van der Waals surface area contributed by atoms with Crippen molar-refractivity contribution in [3.63, 3.8) is 0 Å². The molecule has 114 valence electrons. The molecular weight excluding hydrogens is 302 g/mol. The van der Waals surface area contributed by atoms with Crippen LogP contribution in [0.15, 0.2) is 29.2 Å². The van der Waals surface area contributed by atoms with Crippen LogP contribution in [0.4, 0.5) is 0 Å². The summed E-state index contributed by atoms with van der Waals surface area (Å²) in [6.45, 7) is 4.26. The van der Waals surface area contributed by atoms with Crippen LogP contribution in [-0.2, 0) is 13.7 Å². The molecule has 0 aliphatic heterocycles. The van der Waals surface area contributed by atoms with Gasteiger partial charge in [0.2, 0.25) is 0 Å². The first-order chi connectivity index (χ1) is 10.6. The Morgan fingerprint density at radius 1 is 1.27 bits per heavy atom. The third kappa shape index (κ3) is 2.64. The summed E-state index contributed by atoms with van der Waals surface area (Å²) in [5.74, 6) is 0. The van der Waals surface area contributed by atoms with E-state index in [0.29, 0.717) is 17.5 Å². The maximum Gasteiger partial charge on any atom is 0.368 e. The zero-order valence-corrected chi connectivity index (χ0v) is 13.3. The van der Waals surface area contributed by atoms with Crippen molar-refractivity contribution in [3.8, 4) is 10.9 Å².